The van der Waals surface area contributed by atoms with Gasteiger partial charge in [-0.1, -0.05) is 109 Å². The maximum Gasteiger partial charge on any atom is 0.202 e. The summed E-state index contributed by atoms with van der Waals surface area (Å²) in [6.07, 6.45) is 0. The van der Waals surface area contributed by atoms with Crippen LogP contribution in [0.5, 0.6) is 0 Å². The minimum atomic E-state index is 0.363. The standard InChI is InChI=1S/C44H26N4/c1-45-38-21-13-20-34(43(38)46-2)35-26-25-32(42-36-19-10-12-23-40(36)48(44(35)42)31-16-7-4-8-17-31)29-24-27-41-37(28-29)33-18-9-11-22-39(33)47(41)30-14-5-3-6-15-30/h3-28H. The van der Waals surface area contributed by atoms with Crippen molar-refractivity contribution in [2.24, 2.45) is 0 Å². The quantitative estimate of drug-likeness (QED) is 0.177. The lowest BCUT2D eigenvalue weighted by Gasteiger charge is -2.15. The van der Waals surface area contributed by atoms with Gasteiger partial charge in [-0.05, 0) is 70.8 Å². The van der Waals surface area contributed by atoms with E-state index in [-0.39, 0.29) is 0 Å². The average molecular weight is 611 g/mol. The van der Waals surface area contributed by atoms with E-state index >= 15 is 0 Å². The van der Waals surface area contributed by atoms with Crippen molar-refractivity contribution in [2.45, 2.75) is 0 Å². The lowest BCUT2D eigenvalue weighted by molar-refractivity contribution is 1.18. The average Bonchev–Trinajstić information content (AvgIpc) is 3.68. The van der Waals surface area contributed by atoms with Crippen molar-refractivity contribution in [2.75, 3.05) is 0 Å². The first-order valence-electron chi connectivity index (χ1n) is 15.9. The zero-order valence-corrected chi connectivity index (χ0v) is 25.8. The lowest BCUT2D eigenvalue weighted by atomic mass is 9.93. The Labute approximate surface area is 277 Å². The Morgan fingerprint density at radius 2 is 1.02 bits per heavy atom. The first kappa shape index (κ1) is 27.4. The van der Waals surface area contributed by atoms with E-state index in [1.807, 2.05) is 18.2 Å². The second kappa shape index (κ2) is 10.9. The van der Waals surface area contributed by atoms with Crippen molar-refractivity contribution < 1.29 is 0 Å². The fourth-order valence-corrected chi connectivity index (χ4v) is 7.35. The van der Waals surface area contributed by atoms with Gasteiger partial charge in [0.1, 0.15) is 0 Å². The number of para-hydroxylation sites is 5. The van der Waals surface area contributed by atoms with E-state index in [9.17, 15) is 0 Å². The van der Waals surface area contributed by atoms with Gasteiger partial charge in [-0.3, -0.25) is 4.85 Å². The van der Waals surface area contributed by atoms with Crippen molar-refractivity contribution in [3.8, 4) is 33.6 Å². The molecule has 0 unspecified atom stereocenters. The highest BCUT2D eigenvalue weighted by molar-refractivity contribution is 6.21. The smallest absolute Gasteiger partial charge is 0.202 e. The molecule has 2 heterocycles. The summed E-state index contributed by atoms with van der Waals surface area (Å²) in [6, 6.07) is 54.7. The van der Waals surface area contributed by atoms with Gasteiger partial charge in [0.2, 0.25) is 5.69 Å². The third-order valence-electron chi connectivity index (χ3n) is 9.37. The molecule has 2 aromatic heterocycles. The van der Waals surface area contributed by atoms with Gasteiger partial charge in [0.05, 0.1) is 35.2 Å². The van der Waals surface area contributed by atoms with Gasteiger partial charge in [-0.25, -0.2) is 4.85 Å². The molecule has 0 radical (unpaired) electrons. The molecule has 0 saturated carbocycles. The van der Waals surface area contributed by atoms with Crippen LogP contribution in [0.15, 0.2) is 158 Å². The Bertz CT molecular complexity index is 2790. The molecule has 48 heavy (non-hydrogen) atoms. The molecule has 0 amide bonds. The van der Waals surface area contributed by atoms with E-state index in [1.165, 1.54) is 16.3 Å². The van der Waals surface area contributed by atoms with Gasteiger partial charge in [0, 0.05) is 32.9 Å². The van der Waals surface area contributed by atoms with E-state index in [0.29, 0.717) is 11.4 Å². The van der Waals surface area contributed by atoms with Crippen LogP contribution >= 0.6 is 0 Å². The summed E-state index contributed by atoms with van der Waals surface area (Å²) in [7, 11) is 0. The molecule has 0 saturated heterocycles. The van der Waals surface area contributed by atoms with Crippen molar-refractivity contribution in [3.05, 3.63) is 181 Å². The number of rotatable bonds is 4. The molecular weight excluding hydrogens is 585 g/mol. The third kappa shape index (κ3) is 4.01. The van der Waals surface area contributed by atoms with Crippen LogP contribution in [0.3, 0.4) is 0 Å². The Balaban J connectivity index is 1.41. The summed E-state index contributed by atoms with van der Waals surface area (Å²) in [6.45, 7) is 15.8. The highest BCUT2D eigenvalue weighted by atomic mass is 15.0. The van der Waals surface area contributed by atoms with E-state index in [4.69, 9.17) is 13.1 Å². The number of hydrogen-bond donors (Lipinski definition) is 0. The van der Waals surface area contributed by atoms with Crippen molar-refractivity contribution in [1.29, 1.82) is 0 Å². The first-order valence-corrected chi connectivity index (χ1v) is 15.9. The Morgan fingerprint density at radius 3 is 1.73 bits per heavy atom. The lowest BCUT2D eigenvalue weighted by Crippen LogP contribution is -1.96. The number of fused-ring (bicyclic) bond motifs is 6. The fourth-order valence-electron chi connectivity index (χ4n) is 7.35. The predicted molar refractivity (Wildman–Crippen MR) is 199 cm³/mol. The topological polar surface area (TPSA) is 18.6 Å². The monoisotopic (exact) mass is 610 g/mol. The van der Waals surface area contributed by atoms with Gasteiger partial charge >= 0.3 is 0 Å². The summed E-state index contributed by atoms with van der Waals surface area (Å²) in [5, 5.41) is 4.64. The van der Waals surface area contributed by atoms with Gasteiger partial charge in [-0.2, -0.15) is 0 Å². The molecule has 9 aromatic rings. The second-order valence-electron chi connectivity index (χ2n) is 11.9. The van der Waals surface area contributed by atoms with E-state index in [1.54, 1.807) is 6.07 Å². The molecule has 7 aromatic carbocycles. The van der Waals surface area contributed by atoms with Crippen LogP contribution in [0.1, 0.15) is 0 Å². The molecule has 9 rings (SSSR count). The second-order valence-corrected chi connectivity index (χ2v) is 11.9. The number of benzene rings is 7. The molecule has 4 nitrogen and oxygen atoms in total. The number of nitrogens with zero attached hydrogens (tertiary/aromatic N) is 4. The van der Waals surface area contributed by atoms with Crippen LogP contribution in [0.4, 0.5) is 11.4 Å². The first-order chi connectivity index (χ1) is 23.8. The van der Waals surface area contributed by atoms with Gasteiger partial charge in [-0.15, -0.1) is 0 Å². The largest absolute Gasteiger partial charge is 0.309 e. The van der Waals surface area contributed by atoms with Crippen molar-refractivity contribution in [3.63, 3.8) is 0 Å². The minimum absolute atomic E-state index is 0.363. The summed E-state index contributed by atoms with van der Waals surface area (Å²) in [4.78, 5) is 7.58. The van der Waals surface area contributed by atoms with Crippen molar-refractivity contribution >= 4 is 55.0 Å². The Hall–Kier alpha value is -6.88. The molecule has 0 aliphatic heterocycles. The predicted octanol–water partition coefficient (Wildman–Crippen LogP) is 12.3. The molecule has 0 N–H and O–H groups in total. The van der Waals surface area contributed by atoms with E-state index in [0.717, 1.165) is 61.0 Å². The minimum Gasteiger partial charge on any atom is -0.309 e. The highest BCUT2D eigenvalue weighted by Gasteiger charge is 2.23. The normalized spacial score (nSPS) is 11.3. The van der Waals surface area contributed by atoms with Crippen LogP contribution in [-0.2, 0) is 0 Å². The zero-order chi connectivity index (χ0) is 32.2. The maximum absolute atomic E-state index is 8.07. The molecule has 0 aliphatic carbocycles. The zero-order valence-electron chi connectivity index (χ0n) is 25.8. The number of hydrogen-bond acceptors (Lipinski definition) is 0. The van der Waals surface area contributed by atoms with Crippen LogP contribution in [0.25, 0.3) is 86.9 Å². The van der Waals surface area contributed by atoms with Crippen molar-refractivity contribution in [1.82, 2.24) is 9.13 Å². The summed E-state index contributed by atoms with van der Waals surface area (Å²) in [5.74, 6) is 0. The van der Waals surface area contributed by atoms with Crippen LogP contribution < -0.4 is 0 Å². The molecule has 4 heteroatoms. The van der Waals surface area contributed by atoms with Gasteiger partial charge < -0.3 is 9.13 Å². The molecule has 0 aliphatic rings. The van der Waals surface area contributed by atoms with Gasteiger partial charge in [0.25, 0.3) is 0 Å². The molecule has 0 bridgehead atoms. The molecule has 0 spiro atoms. The number of aromatic nitrogens is 2. The van der Waals surface area contributed by atoms with E-state index < -0.39 is 0 Å². The molecule has 222 valence electrons. The molecule has 0 atom stereocenters. The SMILES string of the molecule is [C-]#[N+]c1cccc(-c2ccc(-c3ccc4c(c3)c3ccccc3n4-c3ccccc3)c3c4ccccc4n(-c4ccccc4)c23)c1[N+]#[C-]. The van der Waals surface area contributed by atoms with Crippen LogP contribution in [-0.4, -0.2) is 9.13 Å². The fraction of sp³-hybridized carbons (Fsp3) is 0. The highest BCUT2D eigenvalue weighted by Crippen LogP contribution is 2.47. The van der Waals surface area contributed by atoms with E-state index in [2.05, 4.69) is 152 Å². The maximum atomic E-state index is 8.07. The van der Waals surface area contributed by atoms with Crippen LogP contribution in [0, 0.1) is 13.1 Å². The summed E-state index contributed by atoms with van der Waals surface area (Å²) in [5.41, 5.74) is 11.2. The Kier molecular flexibility index (Phi) is 6.22. The van der Waals surface area contributed by atoms with Gasteiger partial charge in [0.15, 0.2) is 5.69 Å². The Morgan fingerprint density at radius 1 is 0.417 bits per heavy atom. The molecular formula is C44H26N4. The summed E-state index contributed by atoms with van der Waals surface area (Å²) < 4.78 is 4.65. The third-order valence-corrected chi connectivity index (χ3v) is 9.37. The van der Waals surface area contributed by atoms with Crippen LogP contribution in [0.2, 0.25) is 0 Å². The summed E-state index contributed by atoms with van der Waals surface area (Å²) >= 11 is 0. The molecule has 0 fully saturated rings.